The maximum Gasteiger partial charge on any atom is 0.421 e. The Morgan fingerprint density at radius 3 is 2.55 bits per heavy atom. The second kappa shape index (κ2) is 9.54. The lowest BCUT2D eigenvalue weighted by molar-refractivity contribution is -0.139. The molecule has 0 spiro atoms. The van der Waals surface area contributed by atoms with Gasteiger partial charge in [0.15, 0.2) is 5.69 Å². The number of carbonyl (C=O) groups excluding carboxylic acids is 1. The van der Waals surface area contributed by atoms with E-state index in [-0.39, 0.29) is 23.2 Å². The van der Waals surface area contributed by atoms with Crippen molar-refractivity contribution in [2.24, 2.45) is 0 Å². The number of anilines is 1. The Balaban J connectivity index is 2.13. The highest BCUT2D eigenvalue weighted by Crippen LogP contribution is 2.41. The number of hydrogen-bond acceptors (Lipinski definition) is 8. The molecule has 2 aromatic rings. The van der Waals surface area contributed by atoms with Gasteiger partial charge in [-0.3, -0.25) is 5.32 Å². The Morgan fingerprint density at radius 2 is 1.88 bits per heavy atom. The van der Waals surface area contributed by atoms with Crippen molar-refractivity contribution < 1.29 is 37.0 Å². The topological polar surface area (TPSA) is 120 Å². The number of aromatic nitrogens is 3. The zero-order valence-electron chi connectivity index (χ0n) is 18.8. The van der Waals surface area contributed by atoms with Gasteiger partial charge in [0.25, 0.3) is 5.89 Å². The van der Waals surface area contributed by atoms with E-state index in [0.29, 0.717) is 31.7 Å². The lowest BCUT2D eigenvalue weighted by atomic mass is 10.1. The zero-order chi connectivity index (χ0) is 24.4. The molecule has 2 N–H and O–H groups in total. The summed E-state index contributed by atoms with van der Waals surface area (Å²) in [6.07, 6.45) is -4.41. The molecule has 4 bridgehead atoms. The number of rotatable bonds is 1. The van der Waals surface area contributed by atoms with Crippen molar-refractivity contribution in [3.63, 3.8) is 0 Å². The number of aliphatic hydroxyl groups is 1. The van der Waals surface area contributed by atoms with E-state index in [2.05, 4.69) is 20.5 Å². The van der Waals surface area contributed by atoms with Gasteiger partial charge >= 0.3 is 12.3 Å². The van der Waals surface area contributed by atoms with Gasteiger partial charge in [0.1, 0.15) is 17.3 Å². The van der Waals surface area contributed by atoms with Gasteiger partial charge in [0, 0.05) is 0 Å². The molecular weight excluding hydrogens is 445 g/mol. The molecule has 33 heavy (non-hydrogen) atoms. The highest BCUT2D eigenvalue weighted by atomic mass is 19.4. The van der Waals surface area contributed by atoms with Crippen molar-refractivity contribution >= 4 is 11.8 Å². The molecule has 2 atom stereocenters. The van der Waals surface area contributed by atoms with E-state index in [0.717, 1.165) is 6.42 Å². The minimum atomic E-state index is -4.81. The van der Waals surface area contributed by atoms with Crippen molar-refractivity contribution in [3.8, 4) is 17.5 Å². The Morgan fingerprint density at radius 1 is 1.18 bits per heavy atom. The Hall–Kier alpha value is -2.89. The number of fused-ring (bicyclic) bond motifs is 5. The fourth-order valence-corrected chi connectivity index (χ4v) is 3.25. The molecule has 0 saturated carbocycles. The molecule has 2 aromatic heterocycles. The van der Waals surface area contributed by atoms with Gasteiger partial charge in [-0.05, 0) is 53.0 Å². The molecular formula is C21H27F3N4O5. The van der Waals surface area contributed by atoms with Crippen molar-refractivity contribution in [2.75, 3.05) is 5.32 Å². The first kappa shape index (κ1) is 24.7. The minimum Gasteiger partial charge on any atom is -0.474 e. The predicted molar refractivity (Wildman–Crippen MR) is 111 cm³/mol. The summed E-state index contributed by atoms with van der Waals surface area (Å²) < 4.78 is 57.7. The van der Waals surface area contributed by atoms with Gasteiger partial charge in [0.2, 0.25) is 11.8 Å². The normalized spacial score (nSPS) is 19.9. The number of amides is 1. The van der Waals surface area contributed by atoms with Crippen LogP contribution in [0.2, 0.25) is 0 Å². The second-order valence-electron chi connectivity index (χ2n) is 8.89. The number of ether oxygens (including phenoxy) is 2. The van der Waals surface area contributed by atoms with E-state index in [9.17, 15) is 23.1 Å². The largest absolute Gasteiger partial charge is 0.474 e. The number of halogens is 3. The van der Waals surface area contributed by atoms with Crippen LogP contribution in [0.4, 0.5) is 23.7 Å². The molecule has 0 aromatic carbocycles. The SMILES string of the molecule is C[C@@H]1CCCCCC(O)c2nnc(o2)-c2nc(c(C(F)(F)F)cc2NC(=O)OC(C)(C)C)O1. The quantitative estimate of drug-likeness (QED) is 0.577. The van der Waals surface area contributed by atoms with Crippen LogP contribution in [0.25, 0.3) is 11.6 Å². The summed E-state index contributed by atoms with van der Waals surface area (Å²) in [7, 11) is 0. The van der Waals surface area contributed by atoms with Gasteiger partial charge in [-0.2, -0.15) is 13.2 Å². The van der Waals surface area contributed by atoms with Crippen molar-refractivity contribution in [2.45, 2.75) is 83.8 Å². The Kier molecular flexibility index (Phi) is 7.15. The molecule has 0 aliphatic carbocycles. The summed E-state index contributed by atoms with van der Waals surface area (Å²) in [4.78, 5) is 16.3. The van der Waals surface area contributed by atoms with Gasteiger partial charge < -0.3 is 19.0 Å². The second-order valence-corrected chi connectivity index (χ2v) is 8.89. The van der Waals surface area contributed by atoms with Crippen molar-refractivity contribution in [1.29, 1.82) is 0 Å². The smallest absolute Gasteiger partial charge is 0.421 e. The minimum absolute atomic E-state index is 0.0946. The molecule has 1 unspecified atom stereocenters. The molecule has 0 saturated heterocycles. The maximum absolute atomic E-state index is 13.8. The molecule has 0 fully saturated rings. The molecule has 1 aliphatic rings. The average Bonchev–Trinajstić information content (AvgIpc) is 3.15. The van der Waals surface area contributed by atoms with Crippen LogP contribution in [0.5, 0.6) is 5.88 Å². The number of alkyl halides is 3. The summed E-state index contributed by atoms with van der Waals surface area (Å²) in [5, 5.41) is 20.2. The number of aliphatic hydroxyl groups excluding tert-OH is 1. The third kappa shape index (κ3) is 6.56. The van der Waals surface area contributed by atoms with E-state index in [1.165, 1.54) is 0 Å². The van der Waals surface area contributed by atoms with E-state index < -0.39 is 41.5 Å². The monoisotopic (exact) mass is 472 g/mol. The molecule has 1 aliphatic heterocycles. The number of nitrogens with zero attached hydrogens (tertiary/aromatic N) is 3. The van der Waals surface area contributed by atoms with Crippen LogP contribution in [0.3, 0.4) is 0 Å². The zero-order valence-corrected chi connectivity index (χ0v) is 18.8. The molecule has 9 nitrogen and oxygen atoms in total. The third-order valence-corrected chi connectivity index (χ3v) is 4.76. The summed E-state index contributed by atoms with van der Waals surface area (Å²) >= 11 is 0. The first-order valence-corrected chi connectivity index (χ1v) is 10.6. The van der Waals surface area contributed by atoms with Crippen molar-refractivity contribution in [1.82, 2.24) is 15.2 Å². The van der Waals surface area contributed by atoms with Crippen LogP contribution in [0, 0.1) is 0 Å². The number of carbonyl (C=O) groups is 1. The number of hydrogen-bond donors (Lipinski definition) is 2. The van der Waals surface area contributed by atoms with Crippen LogP contribution < -0.4 is 10.1 Å². The Bertz CT molecular complexity index is 987. The predicted octanol–water partition coefficient (Wildman–Crippen LogP) is 5.26. The fourth-order valence-electron chi connectivity index (χ4n) is 3.25. The number of nitrogens with one attached hydrogen (secondary N) is 1. The first-order valence-electron chi connectivity index (χ1n) is 10.6. The third-order valence-electron chi connectivity index (χ3n) is 4.76. The maximum atomic E-state index is 13.8. The van der Waals surface area contributed by atoms with Gasteiger partial charge in [-0.25, -0.2) is 9.78 Å². The lowest BCUT2D eigenvalue weighted by Crippen LogP contribution is -2.27. The first-order chi connectivity index (χ1) is 15.3. The summed E-state index contributed by atoms with van der Waals surface area (Å²) in [6, 6.07) is 0.695. The van der Waals surface area contributed by atoms with E-state index in [1.807, 2.05) is 0 Å². The fraction of sp³-hybridized carbons (Fsp3) is 0.619. The van der Waals surface area contributed by atoms with Gasteiger partial charge in [-0.15, -0.1) is 10.2 Å². The van der Waals surface area contributed by atoms with Crippen molar-refractivity contribution in [3.05, 3.63) is 17.5 Å². The number of pyridine rings is 1. The molecule has 182 valence electrons. The van der Waals surface area contributed by atoms with Gasteiger partial charge in [-0.1, -0.05) is 12.8 Å². The van der Waals surface area contributed by atoms with Crippen LogP contribution >= 0.6 is 0 Å². The molecule has 1 amide bonds. The standard InChI is InChI=1S/C21H27F3N4O5/c1-11-8-6-5-7-9-14(29)17-27-28-18(32-17)15-13(25-19(30)33-20(2,3)4)10-12(21(22,23)24)16(26-15)31-11/h10-11,14,29H,5-9H2,1-4H3,(H,25,30)/t11-,14?/m1/s1. The molecule has 3 rings (SSSR count). The highest BCUT2D eigenvalue weighted by Gasteiger charge is 2.38. The lowest BCUT2D eigenvalue weighted by Gasteiger charge is -2.22. The van der Waals surface area contributed by atoms with E-state index in [1.54, 1.807) is 27.7 Å². The van der Waals surface area contributed by atoms with E-state index in [4.69, 9.17) is 13.9 Å². The average molecular weight is 472 g/mol. The summed E-state index contributed by atoms with van der Waals surface area (Å²) in [5.74, 6) is -1.04. The van der Waals surface area contributed by atoms with Crippen LogP contribution in [-0.2, 0) is 10.9 Å². The highest BCUT2D eigenvalue weighted by molar-refractivity contribution is 5.89. The van der Waals surface area contributed by atoms with Gasteiger partial charge in [0.05, 0.1) is 11.8 Å². The van der Waals surface area contributed by atoms with Crippen LogP contribution in [0.1, 0.15) is 77.4 Å². The van der Waals surface area contributed by atoms with Crippen LogP contribution in [-0.4, -0.2) is 38.1 Å². The Labute approximate surface area is 188 Å². The molecule has 12 heteroatoms. The summed E-state index contributed by atoms with van der Waals surface area (Å²) in [5.41, 5.74) is -2.65. The van der Waals surface area contributed by atoms with E-state index >= 15 is 0 Å². The molecule has 3 heterocycles. The molecule has 0 radical (unpaired) electrons. The van der Waals surface area contributed by atoms with Crippen LogP contribution in [0.15, 0.2) is 10.5 Å². The summed E-state index contributed by atoms with van der Waals surface area (Å²) in [6.45, 7) is 6.49.